The Morgan fingerprint density at radius 3 is 2.70 bits per heavy atom. The molecule has 0 aromatic carbocycles. The van der Waals surface area contributed by atoms with Gasteiger partial charge in [-0.05, 0) is 0 Å². The van der Waals surface area contributed by atoms with E-state index in [1.807, 2.05) is 11.6 Å². The first-order chi connectivity index (χ1) is 4.63. The second-order valence-electron chi connectivity index (χ2n) is 1.82. The van der Waals surface area contributed by atoms with Crippen LogP contribution in [0.3, 0.4) is 0 Å². The van der Waals surface area contributed by atoms with Crippen LogP contribution in [0, 0.1) is 0 Å². The van der Waals surface area contributed by atoms with Crippen LogP contribution in [0.4, 0.5) is 5.82 Å². The van der Waals surface area contributed by atoms with Gasteiger partial charge in [0.25, 0.3) is 9.21 Å². The van der Waals surface area contributed by atoms with Gasteiger partial charge < -0.3 is 5.73 Å². The predicted octanol–water partition coefficient (Wildman–Crippen LogP) is 1.01. The van der Waals surface area contributed by atoms with Gasteiger partial charge in [-0.25, -0.2) is 4.98 Å². The van der Waals surface area contributed by atoms with E-state index in [9.17, 15) is 0 Å². The molecule has 1 aromatic heterocycles. The monoisotopic (exact) mass is 266 g/mol. The SMILES string of the molecule is C[n+]1c(Br)cnc(N)c1Br. The average Bonchev–Trinajstić information content (AvgIpc) is 1.93. The van der Waals surface area contributed by atoms with Crippen LogP contribution in [0.25, 0.3) is 0 Å². The van der Waals surface area contributed by atoms with E-state index in [1.165, 1.54) is 0 Å². The zero-order valence-corrected chi connectivity index (χ0v) is 8.48. The van der Waals surface area contributed by atoms with Gasteiger partial charge in [-0.15, -0.1) is 0 Å². The highest BCUT2D eigenvalue weighted by molar-refractivity contribution is 9.11. The van der Waals surface area contributed by atoms with Crippen molar-refractivity contribution in [2.24, 2.45) is 7.05 Å². The van der Waals surface area contributed by atoms with Crippen LogP contribution in [0.15, 0.2) is 15.4 Å². The molecule has 0 spiro atoms. The van der Waals surface area contributed by atoms with Crippen LogP contribution in [0.2, 0.25) is 0 Å². The molecule has 1 heterocycles. The largest absolute Gasteiger partial charge is 0.378 e. The number of halogens is 2. The lowest BCUT2D eigenvalue weighted by Gasteiger charge is -1.95. The maximum absolute atomic E-state index is 5.49. The van der Waals surface area contributed by atoms with Gasteiger partial charge in [0.05, 0.1) is 0 Å². The van der Waals surface area contributed by atoms with Crippen LogP contribution >= 0.6 is 31.9 Å². The number of anilines is 1. The Balaban J connectivity index is 3.34. The Morgan fingerprint density at radius 1 is 1.60 bits per heavy atom. The molecule has 54 valence electrons. The van der Waals surface area contributed by atoms with Gasteiger partial charge in [-0.3, -0.25) is 0 Å². The summed E-state index contributed by atoms with van der Waals surface area (Å²) < 4.78 is 3.51. The van der Waals surface area contributed by atoms with Crippen LogP contribution in [-0.4, -0.2) is 4.98 Å². The van der Waals surface area contributed by atoms with E-state index in [-0.39, 0.29) is 0 Å². The molecule has 1 aromatic rings. The molecule has 0 saturated carbocycles. The third-order valence-electron chi connectivity index (χ3n) is 1.14. The molecule has 0 unspecified atom stereocenters. The Kier molecular flexibility index (Phi) is 2.25. The molecule has 3 nitrogen and oxygen atoms in total. The van der Waals surface area contributed by atoms with Crippen molar-refractivity contribution in [2.45, 2.75) is 0 Å². The third-order valence-corrected chi connectivity index (χ3v) is 2.81. The van der Waals surface area contributed by atoms with Crippen LogP contribution in [0.1, 0.15) is 0 Å². The number of hydrogen-bond donors (Lipinski definition) is 1. The minimum atomic E-state index is 0.491. The topological polar surface area (TPSA) is 42.8 Å². The van der Waals surface area contributed by atoms with E-state index in [2.05, 4.69) is 36.8 Å². The Labute approximate surface area is 75.5 Å². The first-order valence-corrected chi connectivity index (χ1v) is 4.17. The number of nitrogens with zero attached hydrogens (tertiary/aromatic N) is 2. The van der Waals surface area contributed by atoms with Gasteiger partial charge >= 0.3 is 0 Å². The van der Waals surface area contributed by atoms with E-state index in [0.717, 1.165) is 9.21 Å². The van der Waals surface area contributed by atoms with Gasteiger partial charge in [-0.2, -0.15) is 4.57 Å². The maximum Gasteiger partial charge on any atom is 0.291 e. The van der Waals surface area contributed by atoms with Crippen molar-refractivity contribution in [2.75, 3.05) is 5.73 Å². The summed E-state index contributed by atoms with van der Waals surface area (Å²) in [5.41, 5.74) is 5.49. The molecule has 0 aliphatic rings. The van der Waals surface area contributed by atoms with Crippen molar-refractivity contribution >= 4 is 37.7 Å². The molecule has 2 N–H and O–H groups in total. The molecule has 1 rings (SSSR count). The fourth-order valence-corrected chi connectivity index (χ4v) is 1.34. The fourth-order valence-electron chi connectivity index (χ4n) is 0.528. The van der Waals surface area contributed by atoms with Crippen molar-refractivity contribution in [1.29, 1.82) is 0 Å². The highest BCUT2D eigenvalue weighted by Gasteiger charge is 2.11. The lowest BCUT2D eigenvalue weighted by molar-refractivity contribution is -0.693. The Hall–Kier alpha value is -0.160. The van der Waals surface area contributed by atoms with Crippen molar-refractivity contribution in [3.8, 4) is 0 Å². The normalized spacial score (nSPS) is 9.90. The molecular formula is C5H6Br2N3+. The fraction of sp³-hybridized carbons (Fsp3) is 0.200. The number of aromatic nitrogens is 2. The van der Waals surface area contributed by atoms with Crippen LogP contribution in [-0.2, 0) is 7.05 Å². The highest BCUT2D eigenvalue weighted by atomic mass is 79.9. The highest BCUT2D eigenvalue weighted by Crippen LogP contribution is 2.12. The average molecular weight is 268 g/mol. The van der Waals surface area contributed by atoms with Crippen LogP contribution in [0.5, 0.6) is 0 Å². The minimum absolute atomic E-state index is 0.491. The summed E-state index contributed by atoms with van der Waals surface area (Å²) in [6.07, 6.45) is 1.65. The summed E-state index contributed by atoms with van der Waals surface area (Å²) in [6.45, 7) is 0. The molecule has 0 amide bonds. The van der Waals surface area contributed by atoms with Crippen LogP contribution < -0.4 is 10.3 Å². The number of nitrogen functional groups attached to an aromatic ring is 1. The first-order valence-electron chi connectivity index (χ1n) is 2.58. The second-order valence-corrected chi connectivity index (χ2v) is 3.38. The van der Waals surface area contributed by atoms with Gasteiger partial charge in [-0.1, -0.05) is 0 Å². The second kappa shape index (κ2) is 2.84. The zero-order chi connectivity index (χ0) is 7.72. The summed E-state index contributed by atoms with van der Waals surface area (Å²) in [4.78, 5) is 3.90. The summed E-state index contributed by atoms with van der Waals surface area (Å²) >= 11 is 6.57. The number of hydrogen-bond acceptors (Lipinski definition) is 2. The van der Waals surface area contributed by atoms with Gasteiger partial charge in [0.15, 0.2) is 0 Å². The first kappa shape index (κ1) is 7.94. The molecular weight excluding hydrogens is 262 g/mol. The molecule has 10 heavy (non-hydrogen) atoms. The van der Waals surface area contributed by atoms with Crippen molar-refractivity contribution in [3.05, 3.63) is 15.4 Å². The predicted molar refractivity (Wildman–Crippen MR) is 45.2 cm³/mol. The molecule has 0 atom stereocenters. The molecule has 0 aliphatic carbocycles. The van der Waals surface area contributed by atoms with Crippen molar-refractivity contribution in [1.82, 2.24) is 4.98 Å². The quantitative estimate of drug-likeness (QED) is 0.713. The van der Waals surface area contributed by atoms with Gasteiger partial charge in [0, 0.05) is 31.9 Å². The summed E-state index contributed by atoms with van der Waals surface area (Å²) in [7, 11) is 1.88. The molecule has 0 radical (unpaired) electrons. The molecule has 0 fully saturated rings. The molecule has 0 aliphatic heterocycles. The Morgan fingerprint density at radius 2 is 2.20 bits per heavy atom. The molecule has 0 saturated heterocycles. The minimum Gasteiger partial charge on any atom is -0.378 e. The third kappa shape index (κ3) is 1.29. The Bertz CT molecular complexity index is 234. The maximum atomic E-state index is 5.49. The lowest BCUT2D eigenvalue weighted by Crippen LogP contribution is -2.33. The molecule has 5 heteroatoms. The van der Waals surface area contributed by atoms with Gasteiger partial charge in [0.1, 0.15) is 13.2 Å². The van der Waals surface area contributed by atoms with E-state index >= 15 is 0 Å². The van der Waals surface area contributed by atoms with Crippen molar-refractivity contribution in [3.63, 3.8) is 0 Å². The lowest BCUT2D eigenvalue weighted by atomic mass is 10.6. The van der Waals surface area contributed by atoms with E-state index < -0.39 is 0 Å². The van der Waals surface area contributed by atoms with Gasteiger partial charge in [0.2, 0.25) is 5.82 Å². The standard InChI is InChI=1S/C5H6Br2N3/c1-10-3(6)2-9-5(8)4(10)7/h2H,1H3,(H2,8,9)/q+1. The van der Waals surface area contributed by atoms with E-state index in [1.54, 1.807) is 6.20 Å². The van der Waals surface area contributed by atoms with E-state index in [0.29, 0.717) is 5.82 Å². The number of nitrogens with two attached hydrogens (primary N) is 1. The number of rotatable bonds is 0. The zero-order valence-electron chi connectivity index (χ0n) is 5.31. The van der Waals surface area contributed by atoms with E-state index in [4.69, 9.17) is 5.73 Å². The summed E-state index contributed by atoms with van der Waals surface area (Å²) in [5.74, 6) is 0.491. The smallest absolute Gasteiger partial charge is 0.291 e. The summed E-state index contributed by atoms with van der Waals surface area (Å²) in [5, 5.41) is 0. The van der Waals surface area contributed by atoms with Crippen molar-refractivity contribution < 1.29 is 4.57 Å². The summed E-state index contributed by atoms with van der Waals surface area (Å²) in [6, 6.07) is 0. The molecule has 0 bridgehead atoms.